The lowest BCUT2D eigenvalue weighted by Crippen LogP contribution is -2.22. The van der Waals surface area contributed by atoms with Crippen LogP contribution >= 0.6 is 0 Å². The van der Waals surface area contributed by atoms with Gasteiger partial charge in [0, 0.05) is 12.1 Å². The zero-order valence-electron chi connectivity index (χ0n) is 8.81. The Balaban J connectivity index is 2.07. The number of benzene rings is 1. The van der Waals surface area contributed by atoms with E-state index in [2.05, 4.69) is 5.32 Å². The number of hydrogen-bond donors (Lipinski definition) is 2. The smallest absolute Gasteiger partial charge is 0.255 e. The number of nitrogens with one attached hydrogen (secondary N) is 1. The van der Waals surface area contributed by atoms with Crippen LogP contribution in [-0.2, 0) is 6.54 Å². The zero-order chi connectivity index (χ0) is 12.3. The van der Waals surface area contributed by atoms with Crippen molar-refractivity contribution in [3.05, 3.63) is 53.7 Å². The van der Waals surface area contributed by atoms with Crippen LogP contribution in [0.3, 0.4) is 0 Å². The predicted molar refractivity (Wildman–Crippen MR) is 57.9 cm³/mol. The van der Waals surface area contributed by atoms with Gasteiger partial charge in [-0.3, -0.25) is 4.79 Å². The maximum absolute atomic E-state index is 12.9. The van der Waals surface area contributed by atoms with Gasteiger partial charge in [0.25, 0.3) is 5.91 Å². The molecule has 0 aliphatic carbocycles. The minimum absolute atomic E-state index is 0.0894. The fraction of sp³-hybridized carbons (Fsp3) is 0.0833. The molecule has 2 rings (SSSR count). The van der Waals surface area contributed by atoms with Gasteiger partial charge in [0.2, 0.25) is 0 Å². The second kappa shape index (κ2) is 4.69. The summed E-state index contributed by atoms with van der Waals surface area (Å²) >= 11 is 0. The highest BCUT2D eigenvalue weighted by molar-refractivity contribution is 5.96. The minimum atomic E-state index is -0.573. The summed E-state index contributed by atoms with van der Waals surface area (Å²) in [6, 6.07) is 4.91. The third-order valence-electron chi connectivity index (χ3n) is 2.24. The van der Waals surface area contributed by atoms with Crippen molar-refractivity contribution < 1.29 is 18.7 Å². The maximum Gasteiger partial charge on any atom is 0.255 e. The molecule has 1 amide bonds. The first-order valence-corrected chi connectivity index (χ1v) is 4.94. The molecule has 2 N–H and O–H groups in total. The number of aromatic hydroxyl groups is 1. The molecule has 0 aliphatic rings. The number of carbonyl (C=O) groups excluding carboxylic acids is 1. The number of amides is 1. The lowest BCUT2D eigenvalue weighted by molar-refractivity contribution is 0.0947. The third-order valence-corrected chi connectivity index (χ3v) is 2.24. The molecule has 1 aromatic carbocycles. The SMILES string of the molecule is O=C(NCc1ccoc1)c1cc(F)ccc1O. The Labute approximate surface area is 96.7 Å². The maximum atomic E-state index is 12.9. The van der Waals surface area contributed by atoms with E-state index in [0.717, 1.165) is 23.8 Å². The first-order valence-electron chi connectivity index (χ1n) is 4.94. The molecule has 5 heteroatoms. The van der Waals surface area contributed by atoms with Crippen molar-refractivity contribution in [1.82, 2.24) is 5.32 Å². The van der Waals surface area contributed by atoms with Gasteiger partial charge in [0.1, 0.15) is 11.6 Å². The number of halogens is 1. The van der Waals surface area contributed by atoms with Crippen LogP contribution in [0.4, 0.5) is 4.39 Å². The lowest BCUT2D eigenvalue weighted by atomic mass is 10.2. The van der Waals surface area contributed by atoms with E-state index < -0.39 is 11.7 Å². The number of hydrogen-bond acceptors (Lipinski definition) is 3. The van der Waals surface area contributed by atoms with Gasteiger partial charge in [-0.05, 0) is 24.3 Å². The first kappa shape index (κ1) is 11.2. The summed E-state index contributed by atoms with van der Waals surface area (Å²) in [7, 11) is 0. The van der Waals surface area contributed by atoms with Gasteiger partial charge >= 0.3 is 0 Å². The fourth-order valence-corrected chi connectivity index (χ4v) is 1.36. The Hall–Kier alpha value is -2.30. The second-order valence-electron chi connectivity index (χ2n) is 3.48. The van der Waals surface area contributed by atoms with Crippen molar-refractivity contribution in [1.29, 1.82) is 0 Å². The predicted octanol–water partition coefficient (Wildman–Crippen LogP) is 2.05. The summed E-state index contributed by atoms with van der Waals surface area (Å²) in [5.74, 6) is -1.37. The van der Waals surface area contributed by atoms with Crippen LogP contribution < -0.4 is 5.32 Å². The quantitative estimate of drug-likeness (QED) is 0.855. The van der Waals surface area contributed by atoms with Crippen molar-refractivity contribution in [3.63, 3.8) is 0 Å². The van der Waals surface area contributed by atoms with Gasteiger partial charge in [0.05, 0.1) is 18.1 Å². The second-order valence-corrected chi connectivity index (χ2v) is 3.48. The molecule has 0 saturated carbocycles. The highest BCUT2D eigenvalue weighted by Crippen LogP contribution is 2.17. The zero-order valence-corrected chi connectivity index (χ0v) is 8.81. The fourth-order valence-electron chi connectivity index (χ4n) is 1.36. The van der Waals surface area contributed by atoms with E-state index in [9.17, 15) is 14.3 Å². The molecule has 0 spiro atoms. The van der Waals surface area contributed by atoms with E-state index in [-0.39, 0.29) is 17.9 Å². The first-order chi connectivity index (χ1) is 8.16. The highest BCUT2D eigenvalue weighted by Gasteiger charge is 2.11. The minimum Gasteiger partial charge on any atom is -0.507 e. The number of furan rings is 1. The lowest BCUT2D eigenvalue weighted by Gasteiger charge is -2.05. The molecule has 2 aromatic rings. The number of carbonyl (C=O) groups is 1. The summed E-state index contributed by atoms with van der Waals surface area (Å²) in [6.07, 6.45) is 2.98. The Kier molecular flexibility index (Phi) is 3.09. The molecule has 1 heterocycles. The van der Waals surface area contributed by atoms with E-state index in [1.165, 1.54) is 12.5 Å². The molecule has 17 heavy (non-hydrogen) atoms. The molecule has 88 valence electrons. The van der Waals surface area contributed by atoms with Crippen molar-refractivity contribution in [3.8, 4) is 5.75 Å². The average Bonchev–Trinajstić information content (AvgIpc) is 2.82. The molecular formula is C12H10FNO3. The van der Waals surface area contributed by atoms with Gasteiger partial charge in [-0.1, -0.05) is 0 Å². The van der Waals surface area contributed by atoms with E-state index in [1.54, 1.807) is 6.07 Å². The van der Waals surface area contributed by atoms with Crippen molar-refractivity contribution >= 4 is 5.91 Å². The van der Waals surface area contributed by atoms with Crippen LogP contribution in [0, 0.1) is 5.82 Å². The Morgan fingerprint density at radius 3 is 2.94 bits per heavy atom. The van der Waals surface area contributed by atoms with Gasteiger partial charge in [0.15, 0.2) is 0 Å². The Bertz CT molecular complexity index is 523. The van der Waals surface area contributed by atoms with E-state index in [0.29, 0.717) is 0 Å². The molecule has 0 atom stereocenters. The Morgan fingerprint density at radius 1 is 1.41 bits per heavy atom. The topological polar surface area (TPSA) is 62.5 Å². The van der Waals surface area contributed by atoms with Gasteiger partial charge < -0.3 is 14.8 Å². The van der Waals surface area contributed by atoms with Gasteiger partial charge in [-0.15, -0.1) is 0 Å². The molecule has 0 saturated heterocycles. The molecule has 0 bridgehead atoms. The van der Waals surface area contributed by atoms with Crippen molar-refractivity contribution in [2.45, 2.75) is 6.54 Å². The van der Waals surface area contributed by atoms with Gasteiger partial charge in [-0.2, -0.15) is 0 Å². The van der Waals surface area contributed by atoms with Crippen molar-refractivity contribution in [2.75, 3.05) is 0 Å². The Morgan fingerprint density at radius 2 is 2.24 bits per heavy atom. The average molecular weight is 235 g/mol. The van der Waals surface area contributed by atoms with Crippen LogP contribution in [0.1, 0.15) is 15.9 Å². The summed E-state index contributed by atoms with van der Waals surface area (Å²) in [6.45, 7) is 0.255. The summed E-state index contributed by atoms with van der Waals surface area (Å²) < 4.78 is 17.7. The third kappa shape index (κ3) is 2.63. The van der Waals surface area contributed by atoms with E-state index in [1.807, 2.05) is 0 Å². The van der Waals surface area contributed by atoms with E-state index >= 15 is 0 Å². The van der Waals surface area contributed by atoms with Gasteiger partial charge in [-0.25, -0.2) is 4.39 Å². The normalized spacial score (nSPS) is 10.2. The molecule has 0 fully saturated rings. The molecule has 0 unspecified atom stereocenters. The monoisotopic (exact) mass is 235 g/mol. The van der Waals surface area contributed by atoms with Crippen LogP contribution in [0.25, 0.3) is 0 Å². The van der Waals surface area contributed by atoms with Crippen LogP contribution in [0.5, 0.6) is 5.75 Å². The molecule has 0 radical (unpaired) electrons. The number of phenolic OH excluding ortho intramolecular Hbond substituents is 1. The number of phenols is 1. The summed E-state index contributed by atoms with van der Waals surface area (Å²) in [5.41, 5.74) is 0.697. The highest BCUT2D eigenvalue weighted by atomic mass is 19.1. The van der Waals surface area contributed by atoms with Crippen LogP contribution in [0.15, 0.2) is 41.2 Å². The molecule has 1 aromatic heterocycles. The van der Waals surface area contributed by atoms with Crippen LogP contribution in [0.2, 0.25) is 0 Å². The van der Waals surface area contributed by atoms with E-state index in [4.69, 9.17) is 4.42 Å². The largest absolute Gasteiger partial charge is 0.507 e. The molecule has 0 aliphatic heterocycles. The van der Waals surface area contributed by atoms with Crippen molar-refractivity contribution in [2.24, 2.45) is 0 Å². The molecular weight excluding hydrogens is 225 g/mol. The number of rotatable bonds is 3. The summed E-state index contributed by atoms with van der Waals surface area (Å²) in [4.78, 5) is 11.6. The standard InChI is InChI=1S/C12H10FNO3/c13-9-1-2-11(15)10(5-9)12(16)14-6-8-3-4-17-7-8/h1-5,7,15H,6H2,(H,14,16). The molecule has 4 nitrogen and oxygen atoms in total. The summed E-state index contributed by atoms with van der Waals surface area (Å²) in [5, 5.41) is 12.0. The van der Waals surface area contributed by atoms with Crippen LogP contribution in [-0.4, -0.2) is 11.0 Å².